The molecular formula is C17H28O4. The third kappa shape index (κ3) is 10.8. The first-order chi connectivity index (χ1) is 9.84. The van der Waals surface area contributed by atoms with Crippen molar-refractivity contribution in [2.45, 2.75) is 52.9 Å². The van der Waals surface area contributed by atoms with E-state index >= 15 is 0 Å². The number of unbranched alkanes of at least 4 members (excludes halogenated alkanes) is 3. The number of ether oxygens (including phenoxy) is 2. The van der Waals surface area contributed by atoms with Gasteiger partial charge in [-0.1, -0.05) is 39.3 Å². The maximum Gasteiger partial charge on any atom is 0.333 e. The van der Waals surface area contributed by atoms with Crippen LogP contribution < -0.4 is 0 Å². The van der Waals surface area contributed by atoms with Gasteiger partial charge in [0.25, 0.3) is 0 Å². The van der Waals surface area contributed by atoms with Crippen LogP contribution in [0.15, 0.2) is 24.3 Å². The Morgan fingerprint density at radius 3 is 2.00 bits per heavy atom. The fraction of sp³-hybridized carbons (Fsp3) is 0.647. The van der Waals surface area contributed by atoms with Crippen LogP contribution in [0.5, 0.6) is 0 Å². The van der Waals surface area contributed by atoms with Crippen LogP contribution in [0.4, 0.5) is 0 Å². The molecule has 0 aliphatic rings. The molecule has 21 heavy (non-hydrogen) atoms. The summed E-state index contributed by atoms with van der Waals surface area (Å²) >= 11 is 0. The summed E-state index contributed by atoms with van der Waals surface area (Å²) in [6, 6.07) is 0. The molecule has 0 aliphatic heterocycles. The standard InChI is InChI=1S/C17H28O4/c1-13(2)16(18)20-11-9-7-6-8-10-15(5)12-21-17(19)14(3)4/h15H,1,3,6-12H2,2,4-5H3. The molecule has 0 saturated carbocycles. The third-order valence-electron chi connectivity index (χ3n) is 3.02. The maximum atomic E-state index is 11.2. The zero-order valence-electron chi connectivity index (χ0n) is 13.6. The van der Waals surface area contributed by atoms with Gasteiger partial charge in [0.2, 0.25) is 0 Å². The van der Waals surface area contributed by atoms with E-state index in [2.05, 4.69) is 20.1 Å². The van der Waals surface area contributed by atoms with Crippen molar-refractivity contribution in [1.29, 1.82) is 0 Å². The molecule has 0 heterocycles. The molecule has 0 saturated heterocycles. The Kier molecular flexibility index (Phi) is 10.3. The fourth-order valence-electron chi connectivity index (χ4n) is 1.66. The second-order valence-electron chi connectivity index (χ2n) is 5.60. The van der Waals surface area contributed by atoms with E-state index in [-0.39, 0.29) is 11.9 Å². The van der Waals surface area contributed by atoms with Gasteiger partial charge in [0.15, 0.2) is 0 Å². The van der Waals surface area contributed by atoms with Crippen LogP contribution in [0.3, 0.4) is 0 Å². The molecule has 0 fully saturated rings. The second-order valence-corrected chi connectivity index (χ2v) is 5.60. The minimum atomic E-state index is -0.318. The van der Waals surface area contributed by atoms with Crippen LogP contribution in [0.2, 0.25) is 0 Å². The first kappa shape index (κ1) is 19.4. The molecule has 1 unspecified atom stereocenters. The summed E-state index contributed by atoms with van der Waals surface area (Å²) in [5.74, 6) is -0.279. The summed E-state index contributed by atoms with van der Waals surface area (Å²) in [7, 11) is 0. The third-order valence-corrected chi connectivity index (χ3v) is 3.02. The average Bonchev–Trinajstić information content (AvgIpc) is 2.42. The Balaban J connectivity index is 3.46. The van der Waals surface area contributed by atoms with Crippen LogP contribution >= 0.6 is 0 Å². The molecular weight excluding hydrogens is 268 g/mol. The lowest BCUT2D eigenvalue weighted by Gasteiger charge is -2.12. The molecule has 4 nitrogen and oxygen atoms in total. The van der Waals surface area contributed by atoms with Gasteiger partial charge in [-0.2, -0.15) is 0 Å². The lowest BCUT2D eigenvalue weighted by atomic mass is 10.0. The van der Waals surface area contributed by atoms with Crippen LogP contribution in [0.25, 0.3) is 0 Å². The van der Waals surface area contributed by atoms with Crippen molar-refractivity contribution in [3.8, 4) is 0 Å². The Labute approximate surface area is 128 Å². The molecule has 0 aliphatic carbocycles. The molecule has 0 amide bonds. The lowest BCUT2D eigenvalue weighted by Crippen LogP contribution is -2.12. The molecule has 0 bridgehead atoms. The average molecular weight is 296 g/mol. The van der Waals surface area contributed by atoms with Crippen LogP contribution in [0.1, 0.15) is 52.9 Å². The van der Waals surface area contributed by atoms with Crippen molar-refractivity contribution in [1.82, 2.24) is 0 Å². The van der Waals surface area contributed by atoms with Gasteiger partial charge >= 0.3 is 11.9 Å². The van der Waals surface area contributed by atoms with Gasteiger partial charge in [-0.05, 0) is 32.6 Å². The summed E-state index contributed by atoms with van der Waals surface area (Å²) in [4.78, 5) is 22.4. The van der Waals surface area contributed by atoms with E-state index in [4.69, 9.17) is 9.47 Å². The van der Waals surface area contributed by atoms with Crippen LogP contribution in [-0.2, 0) is 19.1 Å². The number of carbonyl (C=O) groups excluding carboxylic acids is 2. The Morgan fingerprint density at radius 1 is 0.905 bits per heavy atom. The summed E-state index contributed by atoms with van der Waals surface area (Å²) in [6.45, 7) is 13.3. The molecule has 0 aromatic heterocycles. The van der Waals surface area contributed by atoms with E-state index in [0.717, 1.165) is 32.1 Å². The molecule has 0 rings (SSSR count). The molecule has 120 valence electrons. The zero-order chi connectivity index (χ0) is 16.3. The van der Waals surface area contributed by atoms with Gasteiger partial charge in [0, 0.05) is 11.1 Å². The van der Waals surface area contributed by atoms with Crippen molar-refractivity contribution in [3.63, 3.8) is 0 Å². The Hall–Kier alpha value is -1.58. The predicted octanol–water partition coefficient (Wildman–Crippen LogP) is 3.81. The highest BCUT2D eigenvalue weighted by molar-refractivity contribution is 5.87. The van der Waals surface area contributed by atoms with E-state index < -0.39 is 0 Å². The first-order valence-electron chi connectivity index (χ1n) is 7.49. The van der Waals surface area contributed by atoms with E-state index in [0.29, 0.717) is 30.3 Å². The van der Waals surface area contributed by atoms with Crippen molar-refractivity contribution >= 4 is 11.9 Å². The van der Waals surface area contributed by atoms with E-state index in [1.807, 2.05) is 0 Å². The summed E-state index contributed by atoms with van der Waals surface area (Å²) in [6.07, 6.45) is 5.10. The van der Waals surface area contributed by atoms with Crippen molar-refractivity contribution in [2.75, 3.05) is 13.2 Å². The summed E-state index contributed by atoms with van der Waals surface area (Å²) in [5.41, 5.74) is 0.875. The highest BCUT2D eigenvalue weighted by Crippen LogP contribution is 2.11. The number of carbonyl (C=O) groups is 2. The minimum absolute atomic E-state index is 0.317. The number of hydrogen-bond acceptors (Lipinski definition) is 4. The molecule has 0 spiro atoms. The topological polar surface area (TPSA) is 52.6 Å². The highest BCUT2D eigenvalue weighted by atomic mass is 16.5. The predicted molar refractivity (Wildman–Crippen MR) is 83.8 cm³/mol. The quantitative estimate of drug-likeness (QED) is 0.330. The molecule has 1 atom stereocenters. The number of rotatable bonds is 11. The molecule has 0 N–H and O–H groups in total. The van der Waals surface area contributed by atoms with Gasteiger partial charge in [0.1, 0.15) is 0 Å². The summed E-state index contributed by atoms with van der Waals surface area (Å²) < 4.78 is 10.1. The van der Waals surface area contributed by atoms with E-state index in [1.54, 1.807) is 13.8 Å². The van der Waals surface area contributed by atoms with Crippen LogP contribution in [0, 0.1) is 5.92 Å². The molecule has 4 heteroatoms. The number of hydrogen-bond donors (Lipinski definition) is 0. The van der Waals surface area contributed by atoms with Gasteiger partial charge in [0.05, 0.1) is 13.2 Å². The normalized spacial score (nSPS) is 11.6. The zero-order valence-corrected chi connectivity index (χ0v) is 13.6. The van der Waals surface area contributed by atoms with Crippen molar-refractivity contribution < 1.29 is 19.1 Å². The van der Waals surface area contributed by atoms with Crippen molar-refractivity contribution in [3.05, 3.63) is 24.3 Å². The first-order valence-corrected chi connectivity index (χ1v) is 7.49. The number of esters is 2. The molecule has 0 aromatic rings. The fourth-order valence-corrected chi connectivity index (χ4v) is 1.66. The van der Waals surface area contributed by atoms with Gasteiger partial charge in [-0.25, -0.2) is 9.59 Å². The van der Waals surface area contributed by atoms with E-state index in [9.17, 15) is 9.59 Å². The molecule has 0 radical (unpaired) electrons. The van der Waals surface area contributed by atoms with Crippen LogP contribution in [-0.4, -0.2) is 25.2 Å². The largest absolute Gasteiger partial charge is 0.462 e. The molecule has 0 aromatic carbocycles. The smallest absolute Gasteiger partial charge is 0.333 e. The van der Waals surface area contributed by atoms with Gasteiger partial charge in [-0.15, -0.1) is 0 Å². The minimum Gasteiger partial charge on any atom is -0.462 e. The highest BCUT2D eigenvalue weighted by Gasteiger charge is 2.07. The Bertz CT molecular complexity index is 371. The SMILES string of the molecule is C=C(C)C(=O)OCCCCCCC(C)COC(=O)C(=C)C. The van der Waals surface area contributed by atoms with Gasteiger partial charge < -0.3 is 9.47 Å². The Morgan fingerprint density at radius 2 is 1.43 bits per heavy atom. The second kappa shape index (κ2) is 11.1. The maximum absolute atomic E-state index is 11.2. The summed E-state index contributed by atoms with van der Waals surface area (Å²) in [5, 5.41) is 0. The monoisotopic (exact) mass is 296 g/mol. The van der Waals surface area contributed by atoms with Crippen molar-refractivity contribution in [2.24, 2.45) is 5.92 Å². The van der Waals surface area contributed by atoms with Gasteiger partial charge in [-0.3, -0.25) is 0 Å². The lowest BCUT2D eigenvalue weighted by molar-refractivity contribution is -0.140. The van der Waals surface area contributed by atoms with E-state index in [1.165, 1.54) is 0 Å².